The van der Waals surface area contributed by atoms with Gasteiger partial charge in [0.25, 0.3) is 0 Å². The summed E-state index contributed by atoms with van der Waals surface area (Å²) in [5.41, 5.74) is -0.489. The highest BCUT2D eigenvalue weighted by atomic mass is 16.6. The van der Waals surface area contributed by atoms with Crippen molar-refractivity contribution in [2.75, 3.05) is 19.6 Å². The van der Waals surface area contributed by atoms with E-state index in [2.05, 4.69) is 10.3 Å². The van der Waals surface area contributed by atoms with E-state index in [0.29, 0.717) is 19.6 Å². The van der Waals surface area contributed by atoms with Gasteiger partial charge in [-0.05, 0) is 33.6 Å². The van der Waals surface area contributed by atoms with Crippen LogP contribution in [0.15, 0.2) is 4.99 Å². The number of aliphatic hydroxyl groups excluding tert-OH is 1. The first-order valence-corrected chi connectivity index (χ1v) is 8.31. The highest BCUT2D eigenvalue weighted by Crippen LogP contribution is 2.18. The molecule has 1 aliphatic heterocycles. The number of hydrogen-bond acceptors (Lipinski definition) is 5. The lowest BCUT2D eigenvalue weighted by atomic mass is 10.1. The van der Waals surface area contributed by atoms with Gasteiger partial charge in [0.15, 0.2) is 0 Å². The lowest BCUT2D eigenvalue weighted by molar-refractivity contribution is 0.0275. The van der Waals surface area contributed by atoms with Gasteiger partial charge in [0.05, 0.1) is 25.2 Å². The van der Waals surface area contributed by atoms with Gasteiger partial charge < -0.3 is 15.2 Å². The normalized spacial score (nSPS) is 26.9. The Labute approximate surface area is 132 Å². The Bertz CT molecular complexity index is 417. The van der Waals surface area contributed by atoms with Crippen molar-refractivity contribution >= 4 is 11.9 Å². The number of amides is 1. The smallest absolute Gasteiger partial charge is 0.410 e. The molecule has 2 atom stereocenters. The molecule has 6 heteroatoms. The minimum absolute atomic E-state index is 0.0415. The minimum Gasteiger partial charge on any atom is -0.444 e. The van der Waals surface area contributed by atoms with Gasteiger partial charge in [0, 0.05) is 6.54 Å². The number of hydrogen-bond donors (Lipinski definition) is 2. The second-order valence-electron chi connectivity index (χ2n) is 7.19. The van der Waals surface area contributed by atoms with E-state index >= 15 is 0 Å². The average molecular weight is 311 g/mol. The zero-order valence-electron chi connectivity index (χ0n) is 14.0. The van der Waals surface area contributed by atoms with Crippen LogP contribution in [0.2, 0.25) is 0 Å². The Balaban J connectivity index is 1.90. The fraction of sp³-hybridized carbons (Fsp3) is 0.875. The number of aliphatic imine (C=N–C) groups is 1. The molecule has 0 radical (unpaired) electrons. The minimum atomic E-state index is -0.489. The summed E-state index contributed by atoms with van der Waals surface area (Å²) >= 11 is 0. The molecule has 2 aliphatic rings. The monoisotopic (exact) mass is 311 g/mol. The van der Waals surface area contributed by atoms with Gasteiger partial charge in [-0.15, -0.1) is 0 Å². The molecule has 6 nitrogen and oxygen atoms in total. The lowest BCUT2D eigenvalue weighted by Gasteiger charge is -2.32. The molecule has 1 amide bonds. The number of carbonyl (C=O) groups is 1. The van der Waals surface area contributed by atoms with E-state index in [4.69, 9.17) is 4.74 Å². The molecule has 1 heterocycles. The van der Waals surface area contributed by atoms with E-state index in [-0.39, 0.29) is 18.2 Å². The van der Waals surface area contributed by atoms with Gasteiger partial charge in [-0.3, -0.25) is 9.89 Å². The molecule has 2 N–H and O–H groups in total. The van der Waals surface area contributed by atoms with E-state index in [1.54, 1.807) is 4.90 Å². The van der Waals surface area contributed by atoms with Crippen molar-refractivity contribution in [3.8, 4) is 0 Å². The average Bonchev–Trinajstić information content (AvgIpc) is 2.63. The van der Waals surface area contributed by atoms with Crippen molar-refractivity contribution in [2.45, 2.75) is 70.6 Å². The number of nitrogens with one attached hydrogen (secondary N) is 1. The summed E-state index contributed by atoms with van der Waals surface area (Å²) < 4.78 is 5.41. The molecule has 1 saturated carbocycles. The lowest BCUT2D eigenvalue weighted by Crippen LogP contribution is -2.51. The van der Waals surface area contributed by atoms with Crippen molar-refractivity contribution < 1.29 is 14.6 Å². The highest BCUT2D eigenvalue weighted by Gasteiger charge is 2.27. The molecule has 0 aromatic rings. The standard InChI is InChI=1S/C16H29N3O3/c1-16(2,3)22-15(21)19-10-9-17-14(11-19)18-12-7-5-4-6-8-13(12)20/h12-13,20H,4-11H2,1-3H3,(H,17,18). The van der Waals surface area contributed by atoms with Crippen LogP contribution in [0.4, 0.5) is 4.79 Å². The molecule has 1 fully saturated rings. The molecular weight excluding hydrogens is 282 g/mol. The largest absolute Gasteiger partial charge is 0.444 e. The predicted molar refractivity (Wildman–Crippen MR) is 86.1 cm³/mol. The zero-order chi connectivity index (χ0) is 16.2. The summed E-state index contributed by atoms with van der Waals surface area (Å²) in [6.07, 6.45) is 4.53. The predicted octanol–water partition coefficient (Wildman–Crippen LogP) is 1.92. The van der Waals surface area contributed by atoms with Gasteiger partial charge in [-0.25, -0.2) is 4.79 Å². The summed E-state index contributed by atoms with van der Waals surface area (Å²) in [5, 5.41) is 13.5. The molecule has 0 aromatic heterocycles. The molecule has 126 valence electrons. The summed E-state index contributed by atoms with van der Waals surface area (Å²) in [6, 6.07) is 0.0415. The Kier molecular flexibility index (Phi) is 5.67. The maximum Gasteiger partial charge on any atom is 0.410 e. The van der Waals surface area contributed by atoms with E-state index < -0.39 is 5.60 Å². The van der Waals surface area contributed by atoms with Gasteiger partial charge in [0.2, 0.25) is 0 Å². The topological polar surface area (TPSA) is 74.2 Å². The number of carbonyl (C=O) groups excluding carboxylic acids is 1. The van der Waals surface area contributed by atoms with Crippen molar-refractivity contribution in [2.24, 2.45) is 4.99 Å². The number of aliphatic hydroxyl groups is 1. The molecule has 0 spiro atoms. The number of amidine groups is 1. The Morgan fingerprint density at radius 2 is 2.05 bits per heavy atom. The van der Waals surface area contributed by atoms with Crippen LogP contribution in [-0.2, 0) is 4.74 Å². The van der Waals surface area contributed by atoms with E-state index in [1.165, 1.54) is 6.42 Å². The maximum absolute atomic E-state index is 12.1. The third-order valence-electron chi connectivity index (χ3n) is 4.00. The van der Waals surface area contributed by atoms with Gasteiger partial charge in [-0.1, -0.05) is 19.3 Å². The van der Waals surface area contributed by atoms with E-state index in [1.807, 2.05) is 20.8 Å². The second-order valence-corrected chi connectivity index (χ2v) is 7.19. The number of rotatable bonds is 1. The first-order valence-electron chi connectivity index (χ1n) is 8.31. The molecular formula is C16H29N3O3. The summed E-state index contributed by atoms with van der Waals surface area (Å²) in [5.74, 6) is 0.781. The Hall–Kier alpha value is -1.30. The third-order valence-corrected chi connectivity index (χ3v) is 4.00. The van der Waals surface area contributed by atoms with Crippen LogP contribution in [0.25, 0.3) is 0 Å². The molecule has 0 saturated heterocycles. The summed E-state index contributed by atoms with van der Waals surface area (Å²) in [6.45, 7) is 7.17. The van der Waals surface area contributed by atoms with Gasteiger partial charge >= 0.3 is 6.09 Å². The molecule has 0 aromatic carbocycles. The van der Waals surface area contributed by atoms with Gasteiger partial charge in [0.1, 0.15) is 11.4 Å². The molecule has 22 heavy (non-hydrogen) atoms. The highest BCUT2D eigenvalue weighted by molar-refractivity contribution is 5.88. The fourth-order valence-corrected chi connectivity index (χ4v) is 2.86. The van der Waals surface area contributed by atoms with Crippen LogP contribution in [0, 0.1) is 0 Å². The van der Waals surface area contributed by atoms with Crippen LogP contribution < -0.4 is 5.32 Å². The molecule has 2 rings (SSSR count). The first-order chi connectivity index (χ1) is 10.3. The number of nitrogens with zero attached hydrogens (tertiary/aromatic N) is 2. The van der Waals surface area contributed by atoms with Crippen molar-refractivity contribution in [3.63, 3.8) is 0 Å². The molecule has 1 aliphatic carbocycles. The second kappa shape index (κ2) is 7.31. The van der Waals surface area contributed by atoms with Gasteiger partial charge in [-0.2, -0.15) is 0 Å². The van der Waals surface area contributed by atoms with Crippen LogP contribution in [-0.4, -0.2) is 59.3 Å². The van der Waals surface area contributed by atoms with E-state index in [0.717, 1.165) is 31.5 Å². The zero-order valence-corrected chi connectivity index (χ0v) is 14.0. The maximum atomic E-state index is 12.1. The summed E-state index contributed by atoms with van der Waals surface area (Å²) in [7, 11) is 0. The summed E-state index contributed by atoms with van der Waals surface area (Å²) in [4.78, 5) is 18.3. The Morgan fingerprint density at radius 1 is 1.32 bits per heavy atom. The quantitative estimate of drug-likeness (QED) is 0.726. The van der Waals surface area contributed by atoms with Crippen molar-refractivity contribution in [1.82, 2.24) is 10.2 Å². The van der Waals surface area contributed by atoms with Crippen LogP contribution >= 0.6 is 0 Å². The molecule has 2 unspecified atom stereocenters. The Morgan fingerprint density at radius 3 is 2.77 bits per heavy atom. The number of ether oxygens (including phenoxy) is 1. The van der Waals surface area contributed by atoms with Crippen molar-refractivity contribution in [3.05, 3.63) is 0 Å². The van der Waals surface area contributed by atoms with E-state index in [9.17, 15) is 9.90 Å². The SMILES string of the molecule is CC(C)(C)OC(=O)N1CCN=C(NC2CCCCCC2O)C1. The fourth-order valence-electron chi connectivity index (χ4n) is 2.86. The third kappa shape index (κ3) is 5.16. The van der Waals surface area contributed by atoms with Crippen LogP contribution in [0.1, 0.15) is 52.9 Å². The van der Waals surface area contributed by atoms with Crippen LogP contribution in [0.3, 0.4) is 0 Å². The van der Waals surface area contributed by atoms with Crippen molar-refractivity contribution in [1.29, 1.82) is 0 Å². The van der Waals surface area contributed by atoms with Crippen LogP contribution in [0.5, 0.6) is 0 Å². The molecule has 0 bridgehead atoms. The first kappa shape index (κ1) is 17.1.